The number of ether oxygens (including phenoxy) is 3. The van der Waals surface area contributed by atoms with Gasteiger partial charge in [-0.2, -0.15) is 0 Å². The molecule has 0 aliphatic rings. The van der Waals surface area contributed by atoms with Gasteiger partial charge < -0.3 is 19.5 Å². The number of rotatable bonds is 5. The molecular formula is C20H28ClNO6. The Morgan fingerprint density at radius 2 is 1.61 bits per heavy atom. The number of halogens is 1. The minimum atomic E-state index is -0.969. The molecule has 156 valence electrons. The Morgan fingerprint density at radius 3 is 2.07 bits per heavy atom. The van der Waals surface area contributed by atoms with Gasteiger partial charge in [0, 0.05) is 6.42 Å². The first-order valence-electron chi connectivity index (χ1n) is 8.81. The monoisotopic (exact) mass is 413 g/mol. The van der Waals surface area contributed by atoms with Crippen molar-refractivity contribution in [3.63, 3.8) is 0 Å². The van der Waals surface area contributed by atoms with Crippen LogP contribution in [0.25, 0.3) is 0 Å². The average Bonchev–Trinajstić information content (AvgIpc) is 2.49. The summed E-state index contributed by atoms with van der Waals surface area (Å²) < 4.78 is 15.2. The van der Waals surface area contributed by atoms with E-state index in [1.165, 1.54) is 13.2 Å². The molecule has 0 saturated heterocycles. The van der Waals surface area contributed by atoms with Crippen LogP contribution in [0.3, 0.4) is 0 Å². The molecule has 28 heavy (non-hydrogen) atoms. The van der Waals surface area contributed by atoms with E-state index >= 15 is 0 Å². The summed E-state index contributed by atoms with van der Waals surface area (Å²) in [5.41, 5.74) is -0.506. The van der Waals surface area contributed by atoms with Crippen molar-refractivity contribution in [2.24, 2.45) is 0 Å². The van der Waals surface area contributed by atoms with Gasteiger partial charge in [-0.05, 0) is 59.2 Å². The van der Waals surface area contributed by atoms with E-state index in [0.717, 1.165) is 0 Å². The fourth-order valence-electron chi connectivity index (χ4n) is 2.21. The molecule has 1 aromatic carbocycles. The van der Waals surface area contributed by atoms with Crippen LogP contribution < -0.4 is 5.32 Å². The number of amides is 1. The van der Waals surface area contributed by atoms with Gasteiger partial charge in [0.25, 0.3) is 0 Å². The maximum atomic E-state index is 12.2. The molecule has 0 aromatic heterocycles. The van der Waals surface area contributed by atoms with Crippen LogP contribution in [0.2, 0.25) is 5.02 Å². The van der Waals surface area contributed by atoms with Gasteiger partial charge in [0.05, 0.1) is 17.7 Å². The van der Waals surface area contributed by atoms with Gasteiger partial charge in [-0.15, -0.1) is 0 Å². The second kappa shape index (κ2) is 9.28. The van der Waals surface area contributed by atoms with Gasteiger partial charge in [0.1, 0.15) is 17.2 Å². The lowest BCUT2D eigenvalue weighted by atomic mass is 10.0. The third-order valence-corrected chi connectivity index (χ3v) is 3.58. The molecule has 8 heteroatoms. The standard InChI is InChI=1S/C20H28ClNO6/c1-19(2,3)27-16(23)13-9-8-12(10-14(13)21)11-15(17(24)26-7)22-18(25)28-20(4,5)6/h8-10,15H,11H2,1-7H3,(H,22,25)/t15-/m0/s1. The zero-order valence-electron chi connectivity index (χ0n) is 17.3. The lowest BCUT2D eigenvalue weighted by molar-refractivity contribution is -0.143. The number of hydrogen-bond donors (Lipinski definition) is 1. The van der Waals surface area contributed by atoms with Crippen LogP contribution in [-0.2, 0) is 25.4 Å². The molecule has 0 fully saturated rings. The molecule has 1 N–H and O–H groups in total. The summed E-state index contributed by atoms with van der Waals surface area (Å²) in [6.07, 6.45) is -0.625. The first-order valence-corrected chi connectivity index (χ1v) is 9.19. The van der Waals surface area contributed by atoms with E-state index in [1.807, 2.05) is 0 Å². The van der Waals surface area contributed by atoms with Crippen molar-refractivity contribution in [3.05, 3.63) is 34.3 Å². The second-order valence-corrected chi connectivity index (χ2v) is 8.65. The van der Waals surface area contributed by atoms with E-state index in [1.54, 1.807) is 53.7 Å². The normalized spacial score (nSPS) is 12.7. The number of nitrogens with one attached hydrogen (secondary N) is 1. The number of carbonyl (C=O) groups excluding carboxylic acids is 3. The van der Waals surface area contributed by atoms with Gasteiger partial charge >= 0.3 is 18.0 Å². The number of esters is 2. The van der Waals surface area contributed by atoms with Gasteiger partial charge in [-0.25, -0.2) is 14.4 Å². The number of carbonyl (C=O) groups is 3. The highest BCUT2D eigenvalue weighted by Crippen LogP contribution is 2.22. The van der Waals surface area contributed by atoms with E-state index in [-0.39, 0.29) is 17.0 Å². The summed E-state index contributed by atoms with van der Waals surface area (Å²) >= 11 is 6.21. The molecule has 1 aromatic rings. The number of methoxy groups -OCH3 is 1. The largest absolute Gasteiger partial charge is 0.467 e. The van der Waals surface area contributed by atoms with Crippen molar-refractivity contribution in [1.29, 1.82) is 0 Å². The van der Waals surface area contributed by atoms with Crippen molar-refractivity contribution in [2.45, 2.75) is 65.2 Å². The van der Waals surface area contributed by atoms with Crippen LogP contribution in [0, 0.1) is 0 Å². The molecule has 0 heterocycles. The maximum Gasteiger partial charge on any atom is 0.408 e. The van der Waals surface area contributed by atoms with Crippen LogP contribution >= 0.6 is 11.6 Å². The summed E-state index contributed by atoms with van der Waals surface area (Å²) in [5, 5.41) is 2.68. The van der Waals surface area contributed by atoms with E-state index in [4.69, 9.17) is 25.8 Å². The third kappa shape index (κ3) is 8.17. The number of hydrogen-bond acceptors (Lipinski definition) is 6. The van der Waals surface area contributed by atoms with Crippen LogP contribution in [0.15, 0.2) is 18.2 Å². The van der Waals surface area contributed by atoms with Gasteiger partial charge in [0.15, 0.2) is 0 Å². The Balaban J connectivity index is 2.95. The van der Waals surface area contributed by atoms with Gasteiger partial charge in [-0.3, -0.25) is 0 Å². The Hall–Kier alpha value is -2.28. The summed E-state index contributed by atoms with van der Waals surface area (Å²) in [6, 6.07) is 3.74. The summed E-state index contributed by atoms with van der Waals surface area (Å²) in [7, 11) is 1.23. The van der Waals surface area contributed by atoms with Crippen molar-refractivity contribution in [3.8, 4) is 0 Å². The van der Waals surface area contributed by atoms with E-state index in [0.29, 0.717) is 5.56 Å². The van der Waals surface area contributed by atoms with Crippen LogP contribution in [0.1, 0.15) is 57.5 Å². The van der Waals surface area contributed by atoms with Gasteiger partial charge in [0.2, 0.25) is 0 Å². The third-order valence-electron chi connectivity index (χ3n) is 3.27. The lowest BCUT2D eigenvalue weighted by Gasteiger charge is -2.23. The van der Waals surface area contributed by atoms with E-state index in [9.17, 15) is 14.4 Å². The van der Waals surface area contributed by atoms with Crippen molar-refractivity contribution in [1.82, 2.24) is 5.32 Å². The van der Waals surface area contributed by atoms with Gasteiger partial charge in [-0.1, -0.05) is 17.7 Å². The molecule has 7 nitrogen and oxygen atoms in total. The highest BCUT2D eigenvalue weighted by Gasteiger charge is 2.26. The zero-order chi connectivity index (χ0) is 21.7. The highest BCUT2D eigenvalue weighted by molar-refractivity contribution is 6.33. The quantitative estimate of drug-likeness (QED) is 0.581. The molecule has 1 atom stereocenters. The molecule has 0 saturated carbocycles. The topological polar surface area (TPSA) is 90.9 Å². The molecule has 1 rings (SSSR count). The Bertz CT molecular complexity index is 733. The Kier molecular flexibility index (Phi) is 7.87. The highest BCUT2D eigenvalue weighted by atomic mass is 35.5. The van der Waals surface area contributed by atoms with Crippen molar-refractivity contribution >= 4 is 29.6 Å². The predicted octanol–water partition coefficient (Wildman–Crippen LogP) is 3.90. The van der Waals surface area contributed by atoms with E-state index < -0.39 is 35.3 Å². The van der Waals surface area contributed by atoms with Crippen molar-refractivity contribution in [2.75, 3.05) is 7.11 Å². The minimum Gasteiger partial charge on any atom is -0.467 e. The molecule has 0 aliphatic heterocycles. The molecule has 0 spiro atoms. The number of benzene rings is 1. The fraction of sp³-hybridized carbons (Fsp3) is 0.550. The summed E-state index contributed by atoms with van der Waals surface area (Å²) in [4.78, 5) is 36.2. The van der Waals surface area contributed by atoms with Crippen LogP contribution in [-0.4, -0.2) is 42.4 Å². The lowest BCUT2D eigenvalue weighted by Crippen LogP contribution is -2.45. The second-order valence-electron chi connectivity index (χ2n) is 8.24. The first kappa shape index (κ1) is 23.8. The summed E-state index contributed by atoms with van der Waals surface area (Å²) in [6.45, 7) is 10.4. The predicted molar refractivity (Wildman–Crippen MR) is 105 cm³/mol. The molecule has 1 amide bonds. The zero-order valence-corrected chi connectivity index (χ0v) is 18.1. The minimum absolute atomic E-state index is 0.111. The average molecular weight is 414 g/mol. The molecule has 0 bridgehead atoms. The SMILES string of the molecule is COC(=O)[C@H](Cc1ccc(C(=O)OC(C)(C)C)c(Cl)c1)NC(=O)OC(C)(C)C. The van der Waals surface area contributed by atoms with Crippen molar-refractivity contribution < 1.29 is 28.6 Å². The van der Waals surface area contributed by atoms with E-state index in [2.05, 4.69) is 5.32 Å². The summed E-state index contributed by atoms with van der Waals surface area (Å²) in [5.74, 6) is -1.17. The molecule has 0 aliphatic carbocycles. The fourth-order valence-corrected chi connectivity index (χ4v) is 2.49. The Morgan fingerprint density at radius 1 is 1.04 bits per heavy atom. The first-order chi connectivity index (χ1) is 12.7. The maximum absolute atomic E-state index is 12.2. The molecular weight excluding hydrogens is 386 g/mol. The van der Waals surface area contributed by atoms with Crippen LogP contribution in [0.4, 0.5) is 4.79 Å². The number of alkyl carbamates (subject to hydrolysis) is 1. The smallest absolute Gasteiger partial charge is 0.408 e. The Labute approximate surface area is 170 Å². The molecule has 0 radical (unpaired) electrons. The molecule has 0 unspecified atom stereocenters. The van der Waals surface area contributed by atoms with Crippen LogP contribution in [0.5, 0.6) is 0 Å².